The lowest BCUT2D eigenvalue weighted by Gasteiger charge is -2.19. The summed E-state index contributed by atoms with van der Waals surface area (Å²) in [5.74, 6) is -6.85. The highest BCUT2D eigenvalue weighted by Gasteiger charge is 2.21. The SMILES string of the molecule is O=C(COC(=O)CC(NC(=O)c1ccccc1)c1ccccc1)Nc1ccc(F)c(F)c1F. The molecule has 3 rings (SSSR count). The first-order valence-electron chi connectivity index (χ1n) is 9.85. The van der Waals surface area contributed by atoms with Crippen LogP contribution >= 0.6 is 0 Å². The lowest BCUT2D eigenvalue weighted by Crippen LogP contribution is -2.31. The predicted octanol–water partition coefficient (Wildman–Crippen LogP) is 4.15. The molecular formula is C24H19F3N2O4. The van der Waals surface area contributed by atoms with Crippen molar-refractivity contribution in [2.75, 3.05) is 11.9 Å². The molecule has 6 nitrogen and oxygen atoms in total. The van der Waals surface area contributed by atoms with Crippen LogP contribution in [-0.2, 0) is 14.3 Å². The fraction of sp³-hybridized carbons (Fsp3) is 0.125. The van der Waals surface area contributed by atoms with Crippen molar-refractivity contribution >= 4 is 23.5 Å². The van der Waals surface area contributed by atoms with Crippen molar-refractivity contribution in [1.29, 1.82) is 0 Å². The Morgan fingerprint density at radius 3 is 2.12 bits per heavy atom. The Balaban J connectivity index is 1.61. The molecule has 0 fully saturated rings. The normalized spacial score (nSPS) is 11.4. The van der Waals surface area contributed by atoms with Gasteiger partial charge in [0.15, 0.2) is 24.1 Å². The van der Waals surface area contributed by atoms with Crippen molar-refractivity contribution in [3.63, 3.8) is 0 Å². The van der Waals surface area contributed by atoms with E-state index in [1.54, 1.807) is 60.7 Å². The predicted molar refractivity (Wildman–Crippen MR) is 114 cm³/mol. The summed E-state index contributed by atoms with van der Waals surface area (Å²) in [6.07, 6.45) is -0.282. The van der Waals surface area contributed by atoms with E-state index >= 15 is 0 Å². The lowest BCUT2D eigenvalue weighted by atomic mass is 10.0. The second-order valence-electron chi connectivity index (χ2n) is 6.94. The molecule has 0 saturated carbocycles. The lowest BCUT2D eigenvalue weighted by molar-refractivity contribution is -0.147. The Kier molecular flexibility index (Phi) is 7.80. The van der Waals surface area contributed by atoms with Crippen LogP contribution in [0, 0.1) is 17.5 Å². The summed E-state index contributed by atoms with van der Waals surface area (Å²) in [4.78, 5) is 36.8. The molecule has 1 unspecified atom stereocenters. The van der Waals surface area contributed by atoms with Gasteiger partial charge in [0.2, 0.25) is 0 Å². The monoisotopic (exact) mass is 456 g/mol. The maximum absolute atomic E-state index is 13.7. The van der Waals surface area contributed by atoms with Gasteiger partial charge in [-0.1, -0.05) is 48.5 Å². The van der Waals surface area contributed by atoms with Crippen LogP contribution < -0.4 is 10.6 Å². The van der Waals surface area contributed by atoms with Gasteiger partial charge in [-0.2, -0.15) is 0 Å². The Morgan fingerprint density at radius 2 is 1.45 bits per heavy atom. The van der Waals surface area contributed by atoms with E-state index in [9.17, 15) is 27.6 Å². The second kappa shape index (κ2) is 10.9. The molecule has 3 aromatic rings. The van der Waals surface area contributed by atoms with Gasteiger partial charge in [-0.3, -0.25) is 14.4 Å². The third kappa shape index (κ3) is 6.42. The molecule has 0 spiro atoms. The molecule has 3 aromatic carbocycles. The number of anilines is 1. The third-order valence-corrected chi connectivity index (χ3v) is 4.59. The zero-order valence-electron chi connectivity index (χ0n) is 17.2. The highest BCUT2D eigenvalue weighted by molar-refractivity contribution is 5.95. The third-order valence-electron chi connectivity index (χ3n) is 4.59. The molecule has 2 amide bonds. The summed E-state index contributed by atoms with van der Waals surface area (Å²) < 4.78 is 44.8. The second-order valence-corrected chi connectivity index (χ2v) is 6.94. The molecule has 0 aliphatic carbocycles. The van der Waals surface area contributed by atoms with Gasteiger partial charge < -0.3 is 15.4 Å². The van der Waals surface area contributed by atoms with Crippen LogP contribution in [0.25, 0.3) is 0 Å². The van der Waals surface area contributed by atoms with E-state index in [0.29, 0.717) is 17.2 Å². The molecule has 1 atom stereocenters. The fourth-order valence-corrected chi connectivity index (χ4v) is 2.95. The summed E-state index contributed by atoms with van der Waals surface area (Å²) in [6, 6.07) is 17.9. The fourth-order valence-electron chi connectivity index (χ4n) is 2.95. The van der Waals surface area contributed by atoms with Crippen LogP contribution in [0.4, 0.5) is 18.9 Å². The molecule has 33 heavy (non-hydrogen) atoms. The van der Waals surface area contributed by atoms with E-state index in [0.717, 1.165) is 6.07 Å². The number of esters is 1. The molecule has 0 heterocycles. The average molecular weight is 456 g/mol. The quantitative estimate of drug-likeness (QED) is 0.394. The Morgan fingerprint density at radius 1 is 0.818 bits per heavy atom. The molecule has 0 aromatic heterocycles. The molecule has 9 heteroatoms. The topological polar surface area (TPSA) is 84.5 Å². The van der Waals surface area contributed by atoms with Crippen molar-refractivity contribution in [2.45, 2.75) is 12.5 Å². The van der Waals surface area contributed by atoms with Crippen LogP contribution in [0.2, 0.25) is 0 Å². The van der Waals surface area contributed by atoms with Crippen LogP contribution in [0.5, 0.6) is 0 Å². The molecule has 0 bridgehead atoms. The Bertz CT molecular complexity index is 1140. The van der Waals surface area contributed by atoms with Crippen molar-refractivity contribution < 1.29 is 32.3 Å². The van der Waals surface area contributed by atoms with Crippen molar-refractivity contribution in [3.8, 4) is 0 Å². The summed E-state index contributed by atoms with van der Waals surface area (Å²) in [6.45, 7) is -0.786. The number of benzene rings is 3. The van der Waals surface area contributed by atoms with E-state index in [1.807, 2.05) is 5.32 Å². The highest BCUT2D eigenvalue weighted by Crippen LogP contribution is 2.20. The van der Waals surface area contributed by atoms with Gasteiger partial charge in [0.1, 0.15) is 0 Å². The van der Waals surface area contributed by atoms with Crippen molar-refractivity contribution in [2.24, 2.45) is 0 Å². The number of halogens is 3. The first-order chi connectivity index (χ1) is 15.8. The van der Waals surface area contributed by atoms with E-state index in [-0.39, 0.29) is 6.42 Å². The smallest absolute Gasteiger partial charge is 0.308 e. The summed E-state index contributed by atoms with van der Waals surface area (Å²) in [5.41, 5.74) is 0.457. The number of hydrogen-bond acceptors (Lipinski definition) is 4. The molecule has 0 aliphatic rings. The van der Waals surface area contributed by atoms with Gasteiger partial charge >= 0.3 is 5.97 Å². The van der Waals surface area contributed by atoms with Crippen LogP contribution in [0.15, 0.2) is 72.8 Å². The van der Waals surface area contributed by atoms with Crippen LogP contribution in [0.1, 0.15) is 28.4 Å². The minimum Gasteiger partial charge on any atom is -0.455 e. The molecule has 0 aliphatic heterocycles. The minimum atomic E-state index is -1.73. The van der Waals surface area contributed by atoms with E-state index in [2.05, 4.69) is 5.32 Å². The largest absolute Gasteiger partial charge is 0.455 e. The number of carbonyl (C=O) groups is 3. The molecule has 0 saturated heterocycles. The number of ether oxygens (including phenoxy) is 1. The molecule has 170 valence electrons. The summed E-state index contributed by atoms with van der Waals surface area (Å²) in [5, 5.41) is 4.76. The molecular weight excluding hydrogens is 437 g/mol. The van der Waals surface area contributed by atoms with E-state index in [1.165, 1.54) is 0 Å². The van der Waals surface area contributed by atoms with Gasteiger partial charge in [0.25, 0.3) is 11.8 Å². The number of nitrogens with one attached hydrogen (secondary N) is 2. The first-order valence-corrected chi connectivity index (χ1v) is 9.85. The number of rotatable bonds is 8. The summed E-state index contributed by atoms with van der Waals surface area (Å²) in [7, 11) is 0. The van der Waals surface area contributed by atoms with Crippen LogP contribution in [0.3, 0.4) is 0 Å². The standard InChI is InChI=1S/C24H19F3N2O4/c25-17-11-12-18(23(27)22(17)26)28-20(30)14-33-21(31)13-19(15-7-3-1-4-8-15)29-24(32)16-9-5-2-6-10-16/h1-12,19H,13-14H2,(H,28,30)(H,29,32). The minimum absolute atomic E-state index is 0.282. The summed E-state index contributed by atoms with van der Waals surface area (Å²) >= 11 is 0. The van der Waals surface area contributed by atoms with E-state index in [4.69, 9.17) is 4.74 Å². The van der Waals surface area contributed by atoms with Crippen LogP contribution in [-0.4, -0.2) is 24.4 Å². The molecule has 2 N–H and O–H groups in total. The number of carbonyl (C=O) groups excluding carboxylic acids is 3. The maximum atomic E-state index is 13.7. The average Bonchev–Trinajstić information content (AvgIpc) is 2.83. The van der Waals surface area contributed by atoms with Gasteiger partial charge in [0.05, 0.1) is 18.2 Å². The number of amides is 2. The van der Waals surface area contributed by atoms with E-state index < -0.39 is 53.6 Å². The maximum Gasteiger partial charge on any atom is 0.308 e. The number of hydrogen-bond donors (Lipinski definition) is 2. The highest BCUT2D eigenvalue weighted by atomic mass is 19.2. The van der Waals surface area contributed by atoms with Gasteiger partial charge in [0, 0.05) is 5.56 Å². The Labute approximate surface area is 187 Å². The molecule has 0 radical (unpaired) electrons. The zero-order valence-corrected chi connectivity index (χ0v) is 17.2. The van der Waals surface area contributed by atoms with Gasteiger partial charge in [-0.15, -0.1) is 0 Å². The van der Waals surface area contributed by atoms with Crippen molar-refractivity contribution in [3.05, 3.63) is 101 Å². The van der Waals surface area contributed by atoms with Gasteiger partial charge in [-0.05, 0) is 29.8 Å². The van der Waals surface area contributed by atoms with Crippen molar-refractivity contribution in [1.82, 2.24) is 5.32 Å². The Hall–Kier alpha value is -4.14. The van der Waals surface area contributed by atoms with Gasteiger partial charge in [-0.25, -0.2) is 13.2 Å². The zero-order chi connectivity index (χ0) is 23.8. The first kappa shape index (κ1) is 23.5.